The lowest BCUT2D eigenvalue weighted by Gasteiger charge is -2.20. The first kappa shape index (κ1) is 13.4. The van der Waals surface area contributed by atoms with E-state index in [-0.39, 0.29) is 5.82 Å². The van der Waals surface area contributed by atoms with Gasteiger partial charge in [0.05, 0.1) is 0 Å². The normalized spacial score (nSPS) is 10.3. The van der Waals surface area contributed by atoms with Gasteiger partial charge in [0.2, 0.25) is 0 Å². The van der Waals surface area contributed by atoms with E-state index in [1.165, 1.54) is 6.07 Å². The van der Waals surface area contributed by atoms with Crippen LogP contribution in [-0.4, -0.2) is 20.6 Å². The maximum Gasteiger partial charge on any atom is 0.126 e. The Kier molecular flexibility index (Phi) is 4.39. The maximum absolute atomic E-state index is 13.5. The van der Waals surface area contributed by atoms with Crippen molar-refractivity contribution in [2.24, 2.45) is 0 Å². The molecule has 0 aliphatic carbocycles. The number of benzene rings is 2. The molecule has 1 N–H and O–H groups in total. The van der Waals surface area contributed by atoms with Crippen LogP contribution in [0.5, 0.6) is 0 Å². The van der Waals surface area contributed by atoms with E-state index < -0.39 is 0 Å². The summed E-state index contributed by atoms with van der Waals surface area (Å²) in [4.78, 5) is 2.13. The molecule has 0 saturated heterocycles. The van der Waals surface area contributed by atoms with Crippen LogP contribution in [0, 0.1) is 5.82 Å². The van der Waals surface area contributed by atoms with E-state index in [0.29, 0.717) is 6.42 Å². The molecular weight excluding hydrogens is 239 g/mol. The lowest BCUT2D eigenvalue weighted by molar-refractivity contribution is 0.608. The highest BCUT2D eigenvalue weighted by atomic mass is 19.1. The van der Waals surface area contributed by atoms with Crippen LogP contribution in [0.3, 0.4) is 0 Å². The second-order valence-electron chi connectivity index (χ2n) is 4.56. The quantitative estimate of drug-likeness (QED) is 0.882. The van der Waals surface area contributed by atoms with Gasteiger partial charge in [0, 0.05) is 32.0 Å². The van der Waals surface area contributed by atoms with Gasteiger partial charge in [-0.15, -0.1) is 0 Å². The highest BCUT2D eigenvalue weighted by Crippen LogP contribution is 2.18. The number of nitrogens with one attached hydrogen (secondary N) is 1. The number of hydrogen-bond acceptors (Lipinski definition) is 2. The second-order valence-corrected chi connectivity index (χ2v) is 4.56. The summed E-state index contributed by atoms with van der Waals surface area (Å²) < 4.78 is 13.5. The molecule has 0 heterocycles. The topological polar surface area (TPSA) is 15.3 Å². The maximum atomic E-state index is 13.5. The number of rotatable bonds is 5. The van der Waals surface area contributed by atoms with Crippen molar-refractivity contribution >= 4 is 11.4 Å². The van der Waals surface area contributed by atoms with Crippen molar-refractivity contribution in [3.63, 3.8) is 0 Å². The molecule has 100 valence electrons. The van der Waals surface area contributed by atoms with Crippen molar-refractivity contribution in [3.8, 4) is 0 Å². The smallest absolute Gasteiger partial charge is 0.126 e. The fourth-order valence-corrected chi connectivity index (χ4v) is 2.02. The van der Waals surface area contributed by atoms with E-state index in [1.54, 1.807) is 6.07 Å². The van der Waals surface area contributed by atoms with Crippen LogP contribution < -0.4 is 10.2 Å². The van der Waals surface area contributed by atoms with Crippen LogP contribution in [0.15, 0.2) is 48.5 Å². The Bertz CT molecular complexity index is 540. The second kappa shape index (κ2) is 6.23. The molecule has 0 fully saturated rings. The molecule has 0 aliphatic rings. The Hall–Kier alpha value is -2.03. The number of anilines is 2. The van der Waals surface area contributed by atoms with Gasteiger partial charge in [0.25, 0.3) is 0 Å². The minimum atomic E-state index is -0.125. The largest absolute Gasteiger partial charge is 0.388 e. The molecule has 19 heavy (non-hydrogen) atoms. The molecule has 2 rings (SSSR count). The van der Waals surface area contributed by atoms with Crippen molar-refractivity contribution in [3.05, 3.63) is 59.9 Å². The molecule has 0 unspecified atom stereocenters. The van der Waals surface area contributed by atoms with Gasteiger partial charge in [-0.25, -0.2) is 4.39 Å². The SMILES string of the molecule is CNc1cccc(N(C)CCc2ccccc2F)c1. The van der Waals surface area contributed by atoms with Gasteiger partial charge in [-0.2, -0.15) is 0 Å². The molecular formula is C16H19FN2. The van der Waals surface area contributed by atoms with Crippen LogP contribution >= 0.6 is 0 Å². The van der Waals surface area contributed by atoms with E-state index in [2.05, 4.69) is 22.3 Å². The van der Waals surface area contributed by atoms with E-state index in [0.717, 1.165) is 23.5 Å². The number of hydrogen-bond donors (Lipinski definition) is 1. The van der Waals surface area contributed by atoms with Crippen LogP contribution in [0.25, 0.3) is 0 Å². The zero-order chi connectivity index (χ0) is 13.7. The summed E-state index contributed by atoms with van der Waals surface area (Å²) in [5.41, 5.74) is 2.97. The molecule has 2 aromatic rings. The molecule has 3 heteroatoms. The molecule has 0 atom stereocenters. The Labute approximate surface area is 113 Å². The first-order valence-electron chi connectivity index (χ1n) is 6.43. The van der Waals surface area contributed by atoms with Crippen molar-refractivity contribution in [2.75, 3.05) is 30.9 Å². The van der Waals surface area contributed by atoms with Crippen LogP contribution in [0.4, 0.5) is 15.8 Å². The van der Waals surface area contributed by atoms with Crippen LogP contribution in [-0.2, 0) is 6.42 Å². The summed E-state index contributed by atoms with van der Waals surface area (Å²) in [5, 5.41) is 3.12. The molecule has 0 radical (unpaired) electrons. The van der Waals surface area contributed by atoms with E-state index in [4.69, 9.17) is 0 Å². The first-order chi connectivity index (χ1) is 9.20. The summed E-state index contributed by atoms with van der Waals surface area (Å²) in [7, 11) is 3.92. The molecule has 0 aromatic heterocycles. The Morgan fingerprint density at radius 2 is 1.89 bits per heavy atom. The molecule has 0 saturated carbocycles. The summed E-state index contributed by atoms with van der Waals surface area (Å²) in [6.07, 6.45) is 0.701. The third-order valence-electron chi connectivity index (χ3n) is 3.25. The Balaban J connectivity index is 2.01. The summed E-state index contributed by atoms with van der Waals surface area (Å²) in [6.45, 7) is 0.786. The number of likely N-dealkylation sites (N-methyl/N-ethyl adjacent to an activating group) is 1. The van der Waals surface area contributed by atoms with Crippen molar-refractivity contribution in [1.29, 1.82) is 0 Å². The Morgan fingerprint density at radius 3 is 2.63 bits per heavy atom. The zero-order valence-corrected chi connectivity index (χ0v) is 11.4. The third-order valence-corrected chi connectivity index (χ3v) is 3.25. The minimum absolute atomic E-state index is 0.125. The minimum Gasteiger partial charge on any atom is -0.388 e. The highest BCUT2D eigenvalue weighted by Gasteiger charge is 2.05. The van der Waals surface area contributed by atoms with Gasteiger partial charge in [0.1, 0.15) is 5.82 Å². The predicted molar refractivity (Wildman–Crippen MR) is 79.4 cm³/mol. The summed E-state index contributed by atoms with van der Waals surface area (Å²) in [6, 6.07) is 15.1. The first-order valence-corrected chi connectivity index (χ1v) is 6.43. The molecule has 0 amide bonds. The summed E-state index contributed by atoms with van der Waals surface area (Å²) >= 11 is 0. The van der Waals surface area contributed by atoms with Crippen LogP contribution in [0.2, 0.25) is 0 Å². The zero-order valence-electron chi connectivity index (χ0n) is 11.4. The molecule has 0 aliphatic heterocycles. The van der Waals surface area contributed by atoms with Gasteiger partial charge in [-0.05, 0) is 36.2 Å². The molecule has 0 spiro atoms. The van der Waals surface area contributed by atoms with Crippen molar-refractivity contribution in [1.82, 2.24) is 0 Å². The number of nitrogens with zero attached hydrogens (tertiary/aromatic N) is 1. The van der Waals surface area contributed by atoms with Crippen molar-refractivity contribution in [2.45, 2.75) is 6.42 Å². The van der Waals surface area contributed by atoms with Crippen molar-refractivity contribution < 1.29 is 4.39 Å². The van der Waals surface area contributed by atoms with Gasteiger partial charge in [-0.1, -0.05) is 24.3 Å². The van der Waals surface area contributed by atoms with Crippen LogP contribution in [0.1, 0.15) is 5.56 Å². The number of halogens is 1. The van der Waals surface area contributed by atoms with E-state index in [9.17, 15) is 4.39 Å². The van der Waals surface area contributed by atoms with Gasteiger partial charge in [0.15, 0.2) is 0 Å². The fraction of sp³-hybridized carbons (Fsp3) is 0.250. The van der Waals surface area contributed by atoms with Gasteiger partial charge in [-0.3, -0.25) is 0 Å². The predicted octanol–water partition coefficient (Wildman–Crippen LogP) is 3.55. The fourth-order valence-electron chi connectivity index (χ4n) is 2.02. The lowest BCUT2D eigenvalue weighted by atomic mass is 10.1. The molecule has 2 aromatic carbocycles. The third kappa shape index (κ3) is 3.47. The van der Waals surface area contributed by atoms with Gasteiger partial charge < -0.3 is 10.2 Å². The molecule has 0 bridgehead atoms. The van der Waals surface area contributed by atoms with Gasteiger partial charge >= 0.3 is 0 Å². The van der Waals surface area contributed by atoms with E-state index >= 15 is 0 Å². The Morgan fingerprint density at radius 1 is 1.11 bits per heavy atom. The average Bonchev–Trinajstić information content (AvgIpc) is 2.46. The average molecular weight is 258 g/mol. The monoisotopic (exact) mass is 258 g/mol. The lowest BCUT2D eigenvalue weighted by Crippen LogP contribution is -2.20. The standard InChI is InChI=1S/C16H19FN2/c1-18-14-7-5-8-15(12-14)19(2)11-10-13-6-3-4-9-16(13)17/h3-9,12,18H,10-11H2,1-2H3. The molecule has 2 nitrogen and oxygen atoms in total. The van der Waals surface area contributed by atoms with E-state index in [1.807, 2.05) is 38.4 Å². The summed E-state index contributed by atoms with van der Waals surface area (Å²) in [5.74, 6) is -0.125. The highest BCUT2D eigenvalue weighted by molar-refractivity contribution is 5.57.